The van der Waals surface area contributed by atoms with E-state index in [9.17, 15) is 8.42 Å². The summed E-state index contributed by atoms with van der Waals surface area (Å²) in [5.74, 6) is -1.58. The zero-order valence-electron chi connectivity index (χ0n) is 21.4. The van der Waals surface area contributed by atoms with Crippen molar-refractivity contribution in [3.63, 3.8) is 0 Å². The fourth-order valence-electron chi connectivity index (χ4n) is 4.73. The summed E-state index contributed by atoms with van der Waals surface area (Å²) < 4.78 is 59.5. The predicted octanol–water partition coefficient (Wildman–Crippen LogP) is 7.00. The van der Waals surface area contributed by atoms with Gasteiger partial charge in [0.25, 0.3) is 10.0 Å². The number of aromatic nitrogens is 4. The third-order valence-corrected chi connectivity index (χ3v) is 8.99. The van der Waals surface area contributed by atoms with Crippen LogP contribution in [0.2, 0.25) is 0 Å². The molecule has 0 radical (unpaired) electrons. The first-order valence-electron chi connectivity index (χ1n) is 12.3. The van der Waals surface area contributed by atoms with Crippen molar-refractivity contribution < 1.29 is 17.2 Å². The second-order valence-electron chi connectivity index (χ2n) is 9.34. The molecule has 6 rings (SSSR count). The van der Waals surface area contributed by atoms with Crippen molar-refractivity contribution in [2.75, 3.05) is 5.73 Å². The number of hydrogen-bond donors (Lipinski definition) is 1. The van der Waals surface area contributed by atoms with Crippen LogP contribution in [0.15, 0.2) is 101 Å². The molecule has 0 atom stereocenters. The summed E-state index contributed by atoms with van der Waals surface area (Å²) >= 11 is 3.31. The molecule has 0 saturated carbocycles. The number of anilines is 1. The molecule has 0 aliphatic rings. The summed E-state index contributed by atoms with van der Waals surface area (Å²) in [6.45, 7) is 1.92. The first kappa shape index (κ1) is 26.7. The lowest BCUT2D eigenvalue weighted by atomic mass is 10.00. The van der Waals surface area contributed by atoms with E-state index in [0.29, 0.717) is 21.1 Å². The van der Waals surface area contributed by atoms with Gasteiger partial charge in [0.2, 0.25) is 5.95 Å². The number of aryl methyl sites for hydroxylation is 1. The lowest BCUT2D eigenvalue weighted by Crippen LogP contribution is -2.14. The van der Waals surface area contributed by atoms with E-state index >= 15 is 8.78 Å². The lowest BCUT2D eigenvalue weighted by Gasteiger charge is -2.14. The number of halogens is 3. The number of rotatable bonds is 5. The van der Waals surface area contributed by atoms with Gasteiger partial charge in [0, 0.05) is 39.6 Å². The number of nitrogens with two attached hydrogens (primary N) is 1. The van der Waals surface area contributed by atoms with Gasteiger partial charge < -0.3 is 5.73 Å². The van der Waals surface area contributed by atoms with Gasteiger partial charge in [-0.05, 0) is 78.7 Å². The molecular formula is C30H20BrF2N5O2S. The molecule has 0 aliphatic heterocycles. The minimum atomic E-state index is -4.25. The van der Waals surface area contributed by atoms with Crippen molar-refractivity contribution in [2.45, 2.75) is 11.8 Å². The SMILES string of the molecule is Cc1cc(-c2cnc(N)nc2)ncc1-c1ccc2c(c1)cc(-c1c(F)cccc1F)n2S(=O)(=O)c1ccc(Br)cc1. The second-order valence-corrected chi connectivity index (χ2v) is 12.0. The molecule has 0 bridgehead atoms. The molecule has 2 N–H and O–H groups in total. The van der Waals surface area contributed by atoms with Crippen LogP contribution in [0.1, 0.15) is 5.56 Å². The molecular weight excluding hydrogens is 612 g/mol. The highest BCUT2D eigenvalue weighted by Crippen LogP contribution is 2.37. The molecule has 41 heavy (non-hydrogen) atoms. The van der Waals surface area contributed by atoms with Crippen LogP contribution in [0.25, 0.3) is 44.5 Å². The van der Waals surface area contributed by atoms with Gasteiger partial charge in [-0.2, -0.15) is 0 Å². The van der Waals surface area contributed by atoms with Gasteiger partial charge in [0.15, 0.2) is 0 Å². The Morgan fingerprint density at radius 3 is 2.17 bits per heavy atom. The van der Waals surface area contributed by atoms with Crippen LogP contribution in [-0.2, 0) is 10.0 Å². The number of nitrogens with zero attached hydrogens (tertiary/aromatic N) is 4. The Morgan fingerprint density at radius 1 is 0.829 bits per heavy atom. The van der Waals surface area contributed by atoms with Gasteiger partial charge in [0.1, 0.15) is 11.6 Å². The summed E-state index contributed by atoms with van der Waals surface area (Å²) in [5.41, 5.74) is 9.12. The Labute approximate surface area is 242 Å². The van der Waals surface area contributed by atoms with Gasteiger partial charge in [-0.3, -0.25) is 4.98 Å². The Balaban J connectivity index is 1.54. The molecule has 6 aromatic rings. The summed E-state index contributed by atoms with van der Waals surface area (Å²) in [7, 11) is -4.25. The van der Waals surface area contributed by atoms with Crippen molar-refractivity contribution in [3.8, 4) is 33.6 Å². The van der Waals surface area contributed by atoms with E-state index in [-0.39, 0.29) is 22.1 Å². The maximum absolute atomic E-state index is 15.0. The molecule has 0 spiro atoms. The molecule has 7 nitrogen and oxygen atoms in total. The van der Waals surface area contributed by atoms with Crippen molar-refractivity contribution in [1.82, 2.24) is 18.9 Å². The van der Waals surface area contributed by atoms with Crippen LogP contribution >= 0.6 is 15.9 Å². The van der Waals surface area contributed by atoms with Crippen molar-refractivity contribution in [1.29, 1.82) is 0 Å². The fraction of sp³-hybridized carbons (Fsp3) is 0.0333. The molecule has 11 heteroatoms. The van der Waals surface area contributed by atoms with Crippen molar-refractivity contribution in [3.05, 3.63) is 113 Å². The Kier molecular flexibility index (Phi) is 6.63. The molecule has 0 fully saturated rings. The monoisotopic (exact) mass is 631 g/mol. The number of hydrogen-bond acceptors (Lipinski definition) is 6. The van der Waals surface area contributed by atoms with E-state index in [1.54, 1.807) is 48.9 Å². The van der Waals surface area contributed by atoms with E-state index in [0.717, 1.165) is 32.8 Å². The van der Waals surface area contributed by atoms with E-state index in [1.807, 2.05) is 13.0 Å². The average Bonchev–Trinajstić information content (AvgIpc) is 3.32. The molecule has 0 aliphatic carbocycles. The molecule has 0 saturated heterocycles. The largest absolute Gasteiger partial charge is 0.368 e. The smallest absolute Gasteiger partial charge is 0.268 e. The van der Waals surface area contributed by atoms with Gasteiger partial charge in [0.05, 0.1) is 27.4 Å². The maximum Gasteiger partial charge on any atom is 0.268 e. The minimum absolute atomic E-state index is 0.0254. The van der Waals surface area contributed by atoms with Crippen LogP contribution < -0.4 is 5.73 Å². The number of fused-ring (bicyclic) bond motifs is 1. The average molecular weight is 632 g/mol. The third-order valence-electron chi connectivity index (χ3n) is 6.72. The summed E-state index contributed by atoms with van der Waals surface area (Å²) in [4.78, 5) is 12.6. The second kappa shape index (κ2) is 10.2. The van der Waals surface area contributed by atoms with Gasteiger partial charge in [-0.25, -0.2) is 31.1 Å². The van der Waals surface area contributed by atoms with Gasteiger partial charge in [-0.1, -0.05) is 28.1 Å². The first-order chi connectivity index (χ1) is 19.6. The molecule has 0 unspecified atom stereocenters. The van der Waals surface area contributed by atoms with Crippen LogP contribution in [0.5, 0.6) is 0 Å². The van der Waals surface area contributed by atoms with Crippen LogP contribution in [0.4, 0.5) is 14.7 Å². The van der Waals surface area contributed by atoms with Gasteiger partial charge >= 0.3 is 0 Å². The van der Waals surface area contributed by atoms with E-state index in [1.165, 1.54) is 24.3 Å². The maximum atomic E-state index is 15.0. The highest BCUT2D eigenvalue weighted by Gasteiger charge is 2.27. The lowest BCUT2D eigenvalue weighted by molar-refractivity contribution is 0.583. The zero-order chi connectivity index (χ0) is 28.9. The number of nitrogen functional groups attached to an aromatic ring is 1. The number of pyridine rings is 1. The Morgan fingerprint density at radius 2 is 1.51 bits per heavy atom. The Bertz CT molecular complexity index is 2040. The molecule has 3 heterocycles. The molecule has 0 amide bonds. The van der Waals surface area contributed by atoms with E-state index in [2.05, 4.69) is 30.9 Å². The fourth-order valence-corrected chi connectivity index (χ4v) is 6.52. The van der Waals surface area contributed by atoms with E-state index in [4.69, 9.17) is 5.73 Å². The first-order valence-corrected chi connectivity index (χ1v) is 14.5. The normalized spacial score (nSPS) is 11.7. The summed E-state index contributed by atoms with van der Waals surface area (Å²) in [6, 6.07) is 18.0. The van der Waals surface area contributed by atoms with Crippen molar-refractivity contribution in [2.24, 2.45) is 0 Å². The van der Waals surface area contributed by atoms with Gasteiger partial charge in [-0.15, -0.1) is 0 Å². The molecule has 204 valence electrons. The van der Waals surface area contributed by atoms with E-state index < -0.39 is 27.2 Å². The molecule has 3 aromatic heterocycles. The zero-order valence-corrected chi connectivity index (χ0v) is 23.8. The molecule has 3 aromatic carbocycles. The number of benzene rings is 3. The topological polar surface area (TPSA) is 104 Å². The standard InChI is InChI=1S/C30H20BrF2N5O2S/c1-17-11-26(20-14-36-30(34)37-15-20)35-16-23(17)18-5-10-27-19(12-18)13-28(29-24(32)3-2-4-25(29)33)38(27)41(39,40)22-8-6-21(31)7-9-22/h2-16H,1H3,(H2,34,36,37). The highest BCUT2D eigenvalue weighted by atomic mass is 79.9. The van der Waals surface area contributed by atoms with Crippen LogP contribution in [0.3, 0.4) is 0 Å². The summed E-state index contributed by atoms with van der Waals surface area (Å²) in [6.07, 6.45) is 4.89. The van der Waals surface area contributed by atoms with Crippen molar-refractivity contribution >= 4 is 42.8 Å². The summed E-state index contributed by atoms with van der Waals surface area (Å²) in [5, 5.41) is 0.483. The van der Waals surface area contributed by atoms with Crippen LogP contribution in [0, 0.1) is 18.6 Å². The third kappa shape index (κ3) is 4.76. The van der Waals surface area contributed by atoms with Crippen LogP contribution in [-0.4, -0.2) is 27.3 Å². The Hall–Kier alpha value is -4.48. The highest BCUT2D eigenvalue weighted by molar-refractivity contribution is 9.10. The predicted molar refractivity (Wildman–Crippen MR) is 157 cm³/mol. The quantitative estimate of drug-likeness (QED) is 0.220. The minimum Gasteiger partial charge on any atom is -0.368 e.